The lowest BCUT2D eigenvalue weighted by atomic mass is 10.1. The van der Waals surface area contributed by atoms with Crippen LogP contribution in [0.25, 0.3) is 17.0 Å². The molecular weight excluding hydrogens is 488 g/mol. The fraction of sp³-hybridized carbons (Fsp3) is 0.219. The SMILES string of the molecule is Cc1c(/C=C2/SC(=Nc3ccccc3)N(C3CCCC3)C2=O)c2ccccc2n1Cc1ccc(C#N)cc1. The topological polar surface area (TPSA) is 61.4 Å². The predicted molar refractivity (Wildman–Crippen MR) is 155 cm³/mol. The second-order valence-electron chi connectivity index (χ2n) is 9.87. The molecule has 0 spiro atoms. The van der Waals surface area contributed by atoms with E-state index in [0.29, 0.717) is 12.1 Å². The second-order valence-corrected chi connectivity index (χ2v) is 10.9. The average molecular weight is 517 g/mol. The molecular formula is C32H28N4OS. The maximum atomic E-state index is 13.8. The summed E-state index contributed by atoms with van der Waals surface area (Å²) in [6.45, 7) is 2.81. The number of amides is 1. The highest BCUT2D eigenvalue weighted by Crippen LogP contribution is 2.40. The normalized spacial score (nSPS) is 18.2. The maximum Gasteiger partial charge on any atom is 0.267 e. The number of aromatic nitrogens is 1. The summed E-state index contributed by atoms with van der Waals surface area (Å²) >= 11 is 1.49. The van der Waals surface area contributed by atoms with E-state index in [1.165, 1.54) is 11.8 Å². The van der Waals surface area contributed by atoms with Crippen LogP contribution in [0.1, 0.15) is 48.1 Å². The number of hydrogen-bond acceptors (Lipinski definition) is 4. The summed E-state index contributed by atoms with van der Waals surface area (Å²) in [6, 6.07) is 28.4. The lowest BCUT2D eigenvalue weighted by molar-refractivity contribution is -0.123. The van der Waals surface area contributed by atoms with Gasteiger partial charge in [0.2, 0.25) is 0 Å². The van der Waals surface area contributed by atoms with Gasteiger partial charge in [-0.15, -0.1) is 0 Å². The lowest BCUT2D eigenvalue weighted by Crippen LogP contribution is -2.37. The van der Waals surface area contributed by atoms with Gasteiger partial charge in [-0.1, -0.05) is 61.4 Å². The van der Waals surface area contributed by atoms with Crippen molar-refractivity contribution in [2.75, 3.05) is 0 Å². The van der Waals surface area contributed by atoms with E-state index in [-0.39, 0.29) is 11.9 Å². The molecule has 0 atom stereocenters. The van der Waals surface area contributed by atoms with Crippen molar-refractivity contribution < 1.29 is 4.79 Å². The van der Waals surface area contributed by atoms with Crippen molar-refractivity contribution in [3.63, 3.8) is 0 Å². The molecule has 6 rings (SSSR count). The third-order valence-electron chi connectivity index (χ3n) is 7.49. The highest BCUT2D eigenvalue weighted by atomic mass is 32.2. The fourth-order valence-electron chi connectivity index (χ4n) is 5.50. The van der Waals surface area contributed by atoms with Crippen LogP contribution in [0.2, 0.25) is 0 Å². The monoisotopic (exact) mass is 516 g/mol. The number of fused-ring (bicyclic) bond motifs is 1. The van der Waals surface area contributed by atoms with Gasteiger partial charge in [0.15, 0.2) is 5.17 Å². The number of para-hydroxylation sites is 2. The van der Waals surface area contributed by atoms with Crippen LogP contribution in [0.5, 0.6) is 0 Å². The Bertz CT molecular complexity index is 1600. The van der Waals surface area contributed by atoms with Crippen molar-refractivity contribution in [2.45, 2.75) is 45.2 Å². The molecule has 1 aliphatic heterocycles. The summed E-state index contributed by atoms with van der Waals surface area (Å²) < 4.78 is 2.29. The van der Waals surface area contributed by atoms with Crippen LogP contribution in [-0.4, -0.2) is 26.6 Å². The van der Waals surface area contributed by atoms with E-state index in [0.717, 1.165) is 69.2 Å². The zero-order valence-corrected chi connectivity index (χ0v) is 22.1. The molecule has 1 saturated heterocycles. The van der Waals surface area contributed by atoms with E-state index >= 15 is 0 Å². The molecule has 2 fully saturated rings. The molecule has 0 unspecified atom stereocenters. The van der Waals surface area contributed by atoms with E-state index in [1.54, 1.807) is 0 Å². The number of hydrogen-bond donors (Lipinski definition) is 0. The molecule has 0 radical (unpaired) electrons. The van der Waals surface area contributed by atoms with E-state index in [1.807, 2.05) is 65.6 Å². The molecule has 2 aliphatic rings. The Morgan fingerprint density at radius 1 is 1.00 bits per heavy atom. The first-order chi connectivity index (χ1) is 18.6. The van der Waals surface area contributed by atoms with Crippen LogP contribution in [0.15, 0.2) is 88.8 Å². The molecule has 1 aromatic heterocycles. The number of nitrogens with zero attached hydrogens (tertiary/aromatic N) is 4. The number of thioether (sulfide) groups is 1. The van der Waals surface area contributed by atoms with Crippen LogP contribution in [-0.2, 0) is 11.3 Å². The molecule has 2 heterocycles. The summed E-state index contributed by atoms with van der Waals surface area (Å²) in [6.07, 6.45) is 6.42. The Morgan fingerprint density at radius 3 is 2.45 bits per heavy atom. The number of aliphatic imine (C=N–C) groups is 1. The summed E-state index contributed by atoms with van der Waals surface area (Å²) in [5, 5.41) is 11.1. The number of carbonyl (C=O) groups is 1. The van der Waals surface area contributed by atoms with E-state index in [9.17, 15) is 4.79 Å². The molecule has 6 heteroatoms. The summed E-state index contributed by atoms with van der Waals surface area (Å²) in [7, 11) is 0. The first-order valence-electron chi connectivity index (χ1n) is 13.1. The molecule has 1 saturated carbocycles. The van der Waals surface area contributed by atoms with Crippen LogP contribution < -0.4 is 0 Å². The predicted octanol–water partition coefficient (Wildman–Crippen LogP) is 7.42. The van der Waals surface area contributed by atoms with E-state index < -0.39 is 0 Å². The van der Waals surface area contributed by atoms with Crippen molar-refractivity contribution >= 4 is 45.5 Å². The van der Waals surface area contributed by atoms with Gasteiger partial charge in [0.25, 0.3) is 5.91 Å². The zero-order valence-electron chi connectivity index (χ0n) is 21.3. The van der Waals surface area contributed by atoms with Gasteiger partial charge in [-0.2, -0.15) is 5.26 Å². The second kappa shape index (κ2) is 10.4. The van der Waals surface area contributed by atoms with Gasteiger partial charge in [0.05, 0.1) is 22.2 Å². The molecule has 5 nitrogen and oxygen atoms in total. The van der Waals surface area contributed by atoms with Crippen LogP contribution >= 0.6 is 11.8 Å². The first-order valence-corrected chi connectivity index (χ1v) is 13.9. The van der Waals surface area contributed by atoms with Crippen molar-refractivity contribution in [2.24, 2.45) is 4.99 Å². The smallest absolute Gasteiger partial charge is 0.267 e. The standard InChI is InChI=1S/C32H28N4OS/c1-22-28(27-13-7-8-14-29(27)35(22)21-24-17-15-23(20-33)16-18-24)19-30-31(37)36(26-11-5-6-12-26)32(38-30)34-25-9-3-2-4-10-25/h2-4,7-10,13-19,26H,5-6,11-12,21H2,1H3/b30-19+,34-32?. The van der Waals surface area contributed by atoms with Crippen molar-refractivity contribution in [1.29, 1.82) is 5.26 Å². The molecule has 1 amide bonds. The lowest BCUT2D eigenvalue weighted by Gasteiger charge is -2.22. The highest BCUT2D eigenvalue weighted by molar-refractivity contribution is 8.18. The number of benzene rings is 3. The molecule has 0 N–H and O–H groups in total. The molecule has 1 aliphatic carbocycles. The highest BCUT2D eigenvalue weighted by Gasteiger charge is 2.39. The van der Waals surface area contributed by atoms with Gasteiger partial charge in [-0.05, 0) is 73.5 Å². The van der Waals surface area contributed by atoms with Gasteiger partial charge >= 0.3 is 0 Å². The quantitative estimate of drug-likeness (QED) is 0.259. The Balaban J connectivity index is 1.41. The van der Waals surface area contributed by atoms with Crippen LogP contribution in [0.3, 0.4) is 0 Å². The average Bonchev–Trinajstić information content (AvgIpc) is 3.64. The zero-order chi connectivity index (χ0) is 26.1. The maximum absolute atomic E-state index is 13.8. The molecule has 3 aromatic carbocycles. The van der Waals surface area contributed by atoms with E-state index in [2.05, 4.69) is 41.8 Å². The van der Waals surface area contributed by atoms with Crippen molar-refractivity contribution in [3.8, 4) is 6.07 Å². The Labute approximate surface area is 227 Å². The molecule has 4 aromatic rings. The van der Waals surface area contributed by atoms with Crippen molar-refractivity contribution in [1.82, 2.24) is 9.47 Å². The first kappa shape index (κ1) is 24.3. The largest absolute Gasteiger partial charge is 0.340 e. The van der Waals surface area contributed by atoms with Gasteiger partial charge in [-0.3, -0.25) is 9.69 Å². The van der Waals surface area contributed by atoms with Crippen LogP contribution in [0, 0.1) is 18.3 Å². The third kappa shape index (κ3) is 4.55. The Kier molecular flexibility index (Phi) is 6.61. The van der Waals surface area contributed by atoms with Gasteiger partial charge < -0.3 is 4.57 Å². The molecule has 0 bridgehead atoms. The number of carbonyl (C=O) groups excluding carboxylic acids is 1. The van der Waals surface area contributed by atoms with E-state index in [4.69, 9.17) is 10.3 Å². The Hall–Kier alpha value is -4.08. The van der Waals surface area contributed by atoms with Crippen molar-refractivity contribution in [3.05, 3.63) is 106 Å². The molecule has 188 valence electrons. The van der Waals surface area contributed by atoms with Gasteiger partial charge in [0, 0.05) is 34.7 Å². The minimum atomic E-state index is 0.0555. The minimum Gasteiger partial charge on any atom is -0.340 e. The number of nitriles is 1. The third-order valence-corrected chi connectivity index (χ3v) is 8.47. The Morgan fingerprint density at radius 2 is 1.71 bits per heavy atom. The summed E-state index contributed by atoms with van der Waals surface area (Å²) in [5.74, 6) is 0.0555. The van der Waals surface area contributed by atoms with Gasteiger partial charge in [-0.25, -0.2) is 4.99 Å². The minimum absolute atomic E-state index is 0.0555. The summed E-state index contributed by atoms with van der Waals surface area (Å²) in [4.78, 5) is 21.4. The number of amidine groups is 1. The fourth-order valence-corrected chi connectivity index (χ4v) is 6.54. The summed E-state index contributed by atoms with van der Waals surface area (Å²) in [5.41, 5.74) is 5.95. The van der Waals surface area contributed by atoms with Gasteiger partial charge in [0.1, 0.15) is 0 Å². The number of rotatable bonds is 5. The molecule has 38 heavy (non-hydrogen) atoms. The van der Waals surface area contributed by atoms with Crippen LogP contribution in [0.4, 0.5) is 5.69 Å².